The van der Waals surface area contributed by atoms with Crippen LogP contribution in [0.2, 0.25) is 0 Å². The fraction of sp³-hybridized carbons (Fsp3) is 0.208. The highest BCUT2D eigenvalue weighted by Crippen LogP contribution is 2.33. The molecule has 5 heterocycles. The fourth-order valence-corrected chi connectivity index (χ4v) is 5.33. The first kappa shape index (κ1) is 19.1. The third kappa shape index (κ3) is 2.98. The molecule has 0 bridgehead atoms. The van der Waals surface area contributed by atoms with Crippen LogP contribution >= 0.6 is 11.3 Å². The van der Waals surface area contributed by atoms with Crippen molar-refractivity contribution >= 4 is 39.5 Å². The van der Waals surface area contributed by atoms with Crippen molar-refractivity contribution in [3.8, 4) is 5.82 Å². The molecule has 6 rings (SSSR count). The smallest absolute Gasteiger partial charge is 0.254 e. The Hall–Kier alpha value is -3.65. The van der Waals surface area contributed by atoms with Crippen LogP contribution in [0.5, 0.6) is 0 Å². The molecule has 0 spiro atoms. The molecule has 1 aromatic carbocycles. The molecule has 1 amide bonds. The van der Waals surface area contributed by atoms with Crippen molar-refractivity contribution in [2.24, 2.45) is 0 Å². The first-order chi connectivity index (χ1) is 15.7. The van der Waals surface area contributed by atoms with Crippen molar-refractivity contribution in [3.05, 3.63) is 77.1 Å². The lowest BCUT2D eigenvalue weighted by Gasteiger charge is -2.31. The number of para-hydroxylation sites is 1. The maximum Gasteiger partial charge on any atom is 0.254 e. The third-order valence-electron chi connectivity index (χ3n) is 6.34. The first-order valence-electron chi connectivity index (χ1n) is 10.7. The number of nitrogens with zero attached hydrogens (tertiary/aromatic N) is 5. The van der Waals surface area contributed by atoms with E-state index in [4.69, 9.17) is 10.7 Å². The highest BCUT2D eigenvalue weighted by Gasteiger charge is 2.29. The minimum Gasteiger partial charge on any atom is -0.382 e. The van der Waals surface area contributed by atoms with E-state index in [-0.39, 0.29) is 11.8 Å². The summed E-state index contributed by atoms with van der Waals surface area (Å²) in [6.45, 7) is 1.44. The van der Waals surface area contributed by atoms with Crippen LogP contribution in [0.15, 0.2) is 65.7 Å². The lowest BCUT2D eigenvalue weighted by molar-refractivity contribution is 0.0711. The minimum atomic E-state index is 0.116. The summed E-state index contributed by atoms with van der Waals surface area (Å²) < 4.78 is 4.16. The molecule has 1 aliphatic rings. The van der Waals surface area contributed by atoms with Crippen LogP contribution in [-0.2, 0) is 0 Å². The third-order valence-corrected chi connectivity index (χ3v) is 7.02. The predicted molar refractivity (Wildman–Crippen MR) is 126 cm³/mol. The number of hydrogen-bond donors (Lipinski definition) is 1. The molecule has 0 radical (unpaired) electrons. The molecule has 8 heteroatoms. The summed E-state index contributed by atoms with van der Waals surface area (Å²) in [7, 11) is 0. The van der Waals surface area contributed by atoms with Gasteiger partial charge in [0.15, 0.2) is 11.6 Å². The van der Waals surface area contributed by atoms with Crippen LogP contribution in [-0.4, -0.2) is 42.8 Å². The molecule has 5 aromatic rings. The van der Waals surface area contributed by atoms with Crippen molar-refractivity contribution in [2.75, 3.05) is 18.8 Å². The number of nitrogens with two attached hydrogens (primary N) is 1. The summed E-state index contributed by atoms with van der Waals surface area (Å²) >= 11 is 1.55. The van der Waals surface area contributed by atoms with E-state index >= 15 is 0 Å². The van der Waals surface area contributed by atoms with Gasteiger partial charge >= 0.3 is 0 Å². The fourth-order valence-electron chi connectivity index (χ4n) is 4.70. The van der Waals surface area contributed by atoms with Gasteiger partial charge in [0.2, 0.25) is 0 Å². The lowest BCUT2D eigenvalue weighted by Crippen LogP contribution is -2.38. The topological polar surface area (TPSA) is 81.4 Å². The van der Waals surface area contributed by atoms with Gasteiger partial charge in [0, 0.05) is 43.0 Å². The van der Waals surface area contributed by atoms with Crippen LogP contribution in [0.4, 0.5) is 5.82 Å². The zero-order chi connectivity index (χ0) is 21.7. The number of amides is 1. The molecule has 1 saturated heterocycles. The summed E-state index contributed by atoms with van der Waals surface area (Å²) in [5.41, 5.74) is 9.01. The maximum absolute atomic E-state index is 12.7. The van der Waals surface area contributed by atoms with E-state index in [0.29, 0.717) is 5.82 Å². The Labute approximate surface area is 188 Å². The first-order valence-corrected chi connectivity index (χ1v) is 11.7. The van der Waals surface area contributed by atoms with Crippen molar-refractivity contribution in [1.82, 2.24) is 23.8 Å². The van der Waals surface area contributed by atoms with Crippen molar-refractivity contribution in [2.45, 2.75) is 18.8 Å². The Balaban J connectivity index is 1.37. The SMILES string of the molecule is Nc1nccn2c(C3CCN(C(=O)c4ccsc4)CC3)nc(-n3ccc4ccccc43)c12. The monoisotopic (exact) mass is 442 g/mol. The van der Waals surface area contributed by atoms with Gasteiger partial charge in [0.05, 0.1) is 11.1 Å². The number of aromatic nitrogens is 4. The van der Waals surface area contributed by atoms with E-state index in [1.807, 2.05) is 46.3 Å². The van der Waals surface area contributed by atoms with Gasteiger partial charge in [-0.05, 0) is 41.8 Å². The average molecular weight is 443 g/mol. The number of thiophene rings is 1. The Morgan fingerprint density at radius 3 is 2.75 bits per heavy atom. The highest BCUT2D eigenvalue weighted by molar-refractivity contribution is 7.08. The molecule has 7 nitrogen and oxygen atoms in total. The summed E-state index contributed by atoms with van der Waals surface area (Å²) in [5, 5.41) is 5.01. The standard InChI is InChI=1S/C24H22N6OS/c25-21-20-23(29-12-7-16-3-1-2-4-19(16)29)27-22(30(20)13-9-26-21)17-5-10-28(11-6-17)24(31)18-8-14-32-15-18/h1-4,7-9,12-15,17H,5-6,10-11H2,(H2,25,26). The van der Waals surface area contributed by atoms with Gasteiger partial charge in [-0.15, -0.1) is 0 Å². The summed E-state index contributed by atoms with van der Waals surface area (Å²) in [6, 6.07) is 12.2. The maximum atomic E-state index is 12.7. The van der Waals surface area contributed by atoms with Gasteiger partial charge in [0.25, 0.3) is 5.91 Å². The quantitative estimate of drug-likeness (QED) is 0.451. The van der Waals surface area contributed by atoms with Crippen LogP contribution in [0, 0.1) is 0 Å². The number of nitrogen functional groups attached to an aromatic ring is 1. The van der Waals surface area contributed by atoms with Crippen LogP contribution in [0.25, 0.3) is 22.2 Å². The molecular weight excluding hydrogens is 420 g/mol. The number of benzene rings is 1. The second kappa shape index (κ2) is 7.49. The molecule has 160 valence electrons. The Morgan fingerprint density at radius 2 is 1.94 bits per heavy atom. The molecular formula is C24H22N6OS. The second-order valence-electron chi connectivity index (χ2n) is 8.15. The summed E-state index contributed by atoms with van der Waals surface area (Å²) in [5.74, 6) is 2.59. The molecule has 4 aromatic heterocycles. The number of fused-ring (bicyclic) bond motifs is 2. The van der Waals surface area contributed by atoms with E-state index in [1.54, 1.807) is 17.5 Å². The number of likely N-dealkylation sites (tertiary alicyclic amines) is 1. The summed E-state index contributed by atoms with van der Waals surface area (Å²) in [4.78, 5) is 24.1. The number of hydrogen-bond acceptors (Lipinski definition) is 5. The van der Waals surface area contributed by atoms with Crippen LogP contribution in [0.1, 0.15) is 34.9 Å². The molecule has 0 aliphatic carbocycles. The predicted octanol–water partition coefficient (Wildman–Crippen LogP) is 4.34. The van der Waals surface area contributed by atoms with Gasteiger partial charge in [-0.25, -0.2) is 9.97 Å². The average Bonchev–Trinajstić information content (AvgIpc) is 3.57. The van der Waals surface area contributed by atoms with Gasteiger partial charge in [-0.2, -0.15) is 11.3 Å². The number of carbonyl (C=O) groups excluding carboxylic acids is 1. The number of imidazole rings is 1. The molecule has 1 aliphatic heterocycles. The Morgan fingerprint density at radius 1 is 1.09 bits per heavy atom. The van der Waals surface area contributed by atoms with E-state index in [9.17, 15) is 4.79 Å². The Bertz CT molecular complexity index is 1430. The number of piperidine rings is 1. The zero-order valence-corrected chi connectivity index (χ0v) is 18.2. The molecule has 0 saturated carbocycles. The molecule has 0 unspecified atom stereocenters. The van der Waals surface area contributed by atoms with Crippen molar-refractivity contribution < 1.29 is 4.79 Å². The van der Waals surface area contributed by atoms with Crippen LogP contribution in [0.3, 0.4) is 0 Å². The zero-order valence-electron chi connectivity index (χ0n) is 17.4. The van der Waals surface area contributed by atoms with Crippen molar-refractivity contribution in [1.29, 1.82) is 0 Å². The van der Waals surface area contributed by atoms with E-state index in [1.165, 1.54) is 0 Å². The largest absolute Gasteiger partial charge is 0.382 e. The van der Waals surface area contributed by atoms with Gasteiger partial charge in [-0.3, -0.25) is 13.8 Å². The molecule has 0 atom stereocenters. The van der Waals surface area contributed by atoms with Gasteiger partial charge < -0.3 is 10.6 Å². The number of anilines is 1. The van der Waals surface area contributed by atoms with Crippen LogP contribution < -0.4 is 5.73 Å². The molecule has 2 N–H and O–H groups in total. The van der Waals surface area contributed by atoms with Gasteiger partial charge in [-0.1, -0.05) is 18.2 Å². The number of carbonyl (C=O) groups is 1. The Kier molecular flexibility index (Phi) is 4.46. The van der Waals surface area contributed by atoms with E-state index in [2.05, 4.69) is 32.2 Å². The molecule has 32 heavy (non-hydrogen) atoms. The van der Waals surface area contributed by atoms with Gasteiger partial charge in [0.1, 0.15) is 11.3 Å². The van der Waals surface area contributed by atoms with E-state index < -0.39 is 0 Å². The molecule has 1 fully saturated rings. The summed E-state index contributed by atoms with van der Waals surface area (Å²) in [6.07, 6.45) is 7.42. The number of rotatable bonds is 3. The minimum absolute atomic E-state index is 0.116. The normalized spacial score (nSPS) is 15.1. The lowest BCUT2D eigenvalue weighted by atomic mass is 9.95. The highest BCUT2D eigenvalue weighted by atomic mass is 32.1. The van der Waals surface area contributed by atoms with Crippen molar-refractivity contribution in [3.63, 3.8) is 0 Å². The second-order valence-corrected chi connectivity index (χ2v) is 8.93. The van der Waals surface area contributed by atoms with E-state index in [0.717, 1.165) is 59.6 Å².